The van der Waals surface area contributed by atoms with Crippen molar-refractivity contribution in [2.45, 2.75) is 13.8 Å². The van der Waals surface area contributed by atoms with Crippen LogP contribution < -0.4 is 4.74 Å². The van der Waals surface area contributed by atoms with Crippen LogP contribution in [0.1, 0.15) is 11.1 Å². The van der Waals surface area contributed by atoms with Gasteiger partial charge in [0.25, 0.3) is 0 Å². The first-order valence-corrected chi connectivity index (χ1v) is 8.21. The number of aromatic hydroxyl groups is 1. The summed E-state index contributed by atoms with van der Waals surface area (Å²) in [6.07, 6.45) is 0. The van der Waals surface area contributed by atoms with Crippen LogP contribution in [0.5, 0.6) is 17.2 Å². The molecule has 1 N–H and O–H groups in total. The van der Waals surface area contributed by atoms with E-state index in [9.17, 15) is 5.11 Å². The van der Waals surface area contributed by atoms with Crippen molar-refractivity contribution in [3.63, 3.8) is 0 Å². The first kappa shape index (κ1) is 14.0. The topological polar surface area (TPSA) is 43.2 Å². The van der Waals surface area contributed by atoms with Gasteiger partial charge in [0, 0.05) is 6.07 Å². The molecule has 0 radical (unpaired) electrons. The second-order valence-electron chi connectivity index (χ2n) is 6.38. The fourth-order valence-corrected chi connectivity index (χ4v) is 3.22. The Balaban J connectivity index is 1.61. The summed E-state index contributed by atoms with van der Waals surface area (Å²) in [4.78, 5) is 1.95. The van der Waals surface area contributed by atoms with Crippen molar-refractivity contribution in [2.24, 2.45) is 0 Å². The molecule has 0 unspecified atom stereocenters. The summed E-state index contributed by atoms with van der Waals surface area (Å²) >= 11 is 0. The maximum Gasteiger partial charge on any atom is 0.146 e. The second-order valence-corrected chi connectivity index (χ2v) is 6.38. The van der Waals surface area contributed by atoms with Crippen LogP contribution in [0.3, 0.4) is 0 Å². The summed E-state index contributed by atoms with van der Waals surface area (Å²) < 4.78 is 10.00. The Labute approximate surface area is 144 Å². The lowest BCUT2D eigenvalue weighted by Gasteiger charge is -2.09. The molecule has 0 fully saturated rings. The van der Waals surface area contributed by atoms with Crippen LogP contribution >= 0.6 is 0 Å². The highest BCUT2D eigenvalue weighted by molar-refractivity contribution is 5.80. The summed E-state index contributed by atoms with van der Waals surface area (Å²) in [5, 5.41) is 10.5. The first-order valence-electron chi connectivity index (χ1n) is 8.21. The van der Waals surface area contributed by atoms with Gasteiger partial charge in [-0.3, -0.25) is 0 Å². The molecule has 0 aliphatic rings. The number of benzene rings is 3. The molecule has 25 heavy (non-hydrogen) atoms. The third kappa shape index (κ3) is 2.02. The zero-order chi connectivity index (χ0) is 17.1. The van der Waals surface area contributed by atoms with Crippen LogP contribution in [0, 0.1) is 13.8 Å². The zero-order valence-electron chi connectivity index (χ0n) is 14.0. The van der Waals surface area contributed by atoms with Gasteiger partial charge in [-0.05, 0) is 55.3 Å². The SMILES string of the molecule is Cc1ccc2c(c1)n1n(-c3cc(Oc4ccccc4)cc(C)c3O)n21. The van der Waals surface area contributed by atoms with E-state index in [1.807, 2.05) is 63.4 Å². The van der Waals surface area contributed by atoms with Gasteiger partial charge >= 0.3 is 0 Å². The van der Waals surface area contributed by atoms with Crippen LogP contribution in [-0.4, -0.2) is 19.2 Å². The minimum Gasteiger partial charge on any atom is -0.505 e. The zero-order valence-corrected chi connectivity index (χ0v) is 14.0. The van der Waals surface area contributed by atoms with E-state index in [1.54, 1.807) is 0 Å². The maximum absolute atomic E-state index is 10.5. The Kier molecular flexibility index (Phi) is 2.71. The van der Waals surface area contributed by atoms with Gasteiger partial charge in [0.1, 0.15) is 34.0 Å². The fourth-order valence-electron chi connectivity index (χ4n) is 3.22. The molecule has 0 saturated carbocycles. The smallest absolute Gasteiger partial charge is 0.146 e. The van der Waals surface area contributed by atoms with Crippen LogP contribution in [0.15, 0.2) is 60.7 Å². The monoisotopic (exact) mass is 331 g/mol. The van der Waals surface area contributed by atoms with E-state index >= 15 is 0 Å². The van der Waals surface area contributed by atoms with E-state index in [2.05, 4.69) is 25.1 Å². The van der Waals surface area contributed by atoms with Crippen molar-refractivity contribution in [3.8, 4) is 22.9 Å². The number of rotatable bonds is 3. The molecule has 3 aromatic carbocycles. The van der Waals surface area contributed by atoms with Gasteiger partial charge in [-0.15, -0.1) is 14.1 Å². The lowest BCUT2D eigenvalue weighted by atomic mass is 10.2. The summed E-state index contributed by atoms with van der Waals surface area (Å²) in [5.41, 5.74) is 4.98. The second kappa shape index (κ2) is 4.83. The highest BCUT2D eigenvalue weighted by Gasteiger charge is 2.26. The van der Waals surface area contributed by atoms with Crippen molar-refractivity contribution in [1.29, 1.82) is 0 Å². The molecule has 2 aromatic heterocycles. The highest BCUT2D eigenvalue weighted by atomic mass is 16.5. The van der Waals surface area contributed by atoms with Gasteiger partial charge in [-0.2, -0.15) is 0 Å². The molecule has 2 heterocycles. The maximum atomic E-state index is 10.5. The van der Waals surface area contributed by atoms with Gasteiger partial charge < -0.3 is 9.84 Å². The predicted octanol–water partition coefficient (Wildman–Crippen LogP) is 4.54. The number of hydrogen-bond acceptors (Lipinski definition) is 2. The quantitative estimate of drug-likeness (QED) is 0.527. The highest BCUT2D eigenvalue weighted by Crippen LogP contribution is 2.36. The number of nitrogens with zero attached hydrogens (tertiary/aromatic N) is 3. The Hall–Kier alpha value is -3.34. The van der Waals surface area contributed by atoms with E-state index in [1.165, 1.54) is 5.56 Å². The number of aromatic nitrogens is 3. The van der Waals surface area contributed by atoms with E-state index in [-0.39, 0.29) is 5.75 Å². The Morgan fingerprint density at radius 1 is 0.800 bits per heavy atom. The number of ether oxygens (including phenoxy) is 1. The molecule has 0 saturated heterocycles. The number of para-hydroxylation sites is 1. The van der Waals surface area contributed by atoms with Crippen molar-refractivity contribution in [3.05, 3.63) is 71.8 Å². The van der Waals surface area contributed by atoms with E-state index in [0.29, 0.717) is 11.4 Å². The molecule has 124 valence electrons. The largest absolute Gasteiger partial charge is 0.505 e. The van der Waals surface area contributed by atoms with Crippen LogP contribution in [-0.2, 0) is 0 Å². The molecule has 0 spiro atoms. The predicted molar refractivity (Wildman–Crippen MR) is 96.5 cm³/mol. The van der Waals surface area contributed by atoms with Gasteiger partial charge in [-0.25, -0.2) is 0 Å². The van der Waals surface area contributed by atoms with E-state index in [4.69, 9.17) is 4.74 Å². The Bertz CT molecular complexity index is 1190. The molecule has 0 aliphatic heterocycles. The molecule has 5 rings (SSSR count). The summed E-state index contributed by atoms with van der Waals surface area (Å²) in [6, 6.07) is 19.7. The molecule has 5 heteroatoms. The minimum atomic E-state index is 0.262. The third-order valence-electron chi connectivity index (χ3n) is 4.52. The van der Waals surface area contributed by atoms with E-state index < -0.39 is 0 Å². The molecule has 0 atom stereocenters. The third-order valence-corrected chi connectivity index (χ3v) is 4.52. The van der Waals surface area contributed by atoms with Gasteiger partial charge in [0.05, 0.1) is 0 Å². The van der Waals surface area contributed by atoms with E-state index in [0.717, 1.165) is 22.3 Å². The number of phenols is 1. The minimum absolute atomic E-state index is 0.262. The van der Waals surface area contributed by atoms with Crippen molar-refractivity contribution in [1.82, 2.24) is 14.1 Å². The first-order chi connectivity index (χ1) is 12.1. The molecule has 5 aromatic rings. The Morgan fingerprint density at radius 3 is 2.36 bits per heavy atom. The molecular weight excluding hydrogens is 314 g/mol. The normalized spacial score (nSPS) is 11.8. The fraction of sp³-hybridized carbons (Fsp3) is 0.100. The summed E-state index contributed by atoms with van der Waals surface area (Å²) in [7, 11) is 0. The number of hydrogen-bond donors (Lipinski definition) is 1. The van der Waals surface area contributed by atoms with Gasteiger partial charge in [-0.1, -0.05) is 24.3 Å². The van der Waals surface area contributed by atoms with Gasteiger partial charge in [0.2, 0.25) is 0 Å². The van der Waals surface area contributed by atoms with Crippen molar-refractivity contribution >= 4 is 11.0 Å². The van der Waals surface area contributed by atoms with Crippen molar-refractivity contribution < 1.29 is 9.84 Å². The lowest BCUT2D eigenvalue weighted by Crippen LogP contribution is -1.92. The average Bonchev–Trinajstić information content (AvgIpc) is 3.26. The molecule has 0 amide bonds. The molecule has 5 nitrogen and oxygen atoms in total. The number of fused-ring (bicyclic) bond motifs is 4. The standard InChI is InChI=1S/C20H17N3O2/c1-13-8-9-17-18(10-13)22-21(17)23(22)19-12-16(11-14(2)20(19)24)25-15-6-4-3-5-7-15/h3-12,24H,1-2H3. The van der Waals surface area contributed by atoms with Crippen LogP contribution in [0.25, 0.3) is 16.7 Å². The van der Waals surface area contributed by atoms with Crippen LogP contribution in [0.2, 0.25) is 0 Å². The Morgan fingerprint density at radius 2 is 1.56 bits per heavy atom. The number of aryl methyl sites for hydroxylation is 2. The molecule has 0 bridgehead atoms. The molecular formula is C20H17N3O2. The van der Waals surface area contributed by atoms with Crippen molar-refractivity contribution in [2.75, 3.05) is 0 Å². The van der Waals surface area contributed by atoms with Crippen LogP contribution in [0.4, 0.5) is 0 Å². The number of phenolic OH excluding ortho intramolecular Hbond substituents is 1. The summed E-state index contributed by atoms with van der Waals surface area (Å²) in [5.74, 6) is 1.73. The average molecular weight is 331 g/mol. The lowest BCUT2D eigenvalue weighted by molar-refractivity contribution is 0.457. The molecule has 0 aliphatic carbocycles. The van der Waals surface area contributed by atoms with Gasteiger partial charge in [0.15, 0.2) is 0 Å². The summed E-state index contributed by atoms with van der Waals surface area (Å²) in [6.45, 7) is 3.96.